The SMILES string of the molecule is O=C([O-])C(O)(F)C(F)(F)F. The minimum absolute atomic E-state index is 3.22. The number of halogens is 4. The molecule has 0 fully saturated rings. The van der Waals surface area contributed by atoms with E-state index < -0.39 is 18.0 Å². The Labute approximate surface area is 51.9 Å². The second kappa shape index (κ2) is 2.08. The first kappa shape index (κ1) is 9.15. The maximum Gasteiger partial charge on any atom is 0.454 e. The Hall–Kier alpha value is -0.850. The highest BCUT2D eigenvalue weighted by molar-refractivity contribution is 5.73. The van der Waals surface area contributed by atoms with Crippen LogP contribution in [0.25, 0.3) is 0 Å². The van der Waals surface area contributed by atoms with Gasteiger partial charge < -0.3 is 15.0 Å². The molecule has 0 aromatic rings. The van der Waals surface area contributed by atoms with E-state index in [2.05, 4.69) is 0 Å². The molecular weight excluding hydrogens is 160 g/mol. The van der Waals surface area contributed by atoms with Crippen LogP contribution in [0, 0.1) is 0 Å². The van der Waals surface area contributed by atoms with Crippen LogP contribution in [-0.4, -0.2) is 23.1 Å². The van der Waals surface area contributed by atoms with Crippen LogP contribution in [0.5, 0.6) is 0 Å². The van der Waals surface area contributed by atoms with Gasteiger partial charge in [0.1, 0.15) is 5.97 Å². The second-order valence-corrected chi connectivity index (χ2v) is 1.41. The monoisotopic (exact) mass is 161 g/mol. The van der Waals surface area contributed by atoms with Crippen molar-refractivity contribution in [2.24, 2.45) is 0 Å². The number of hydrogen-bond acceptors (Lipinski definition) is 3. The third-order valence-corrected chi connectivity index (χ3v) is 0.646. The lowest BCUT2D eigenvalue weighted by Crippen LogP contribution is -2.54. The zero-order chi connectivity index (χ0) is 8.58. The Balaban J connectivity index is 4.57. The van der Waals surface area contributed by atoms with Crippen LogP contribution in [-0.2, 0) is 4.79 Å². The van der Waals surface area contributed by atoms with Gasteiger partial charge in [-0.1, -0.05) is 0 Å². The topological polar surface area (TPSA) is 60.4 Å². The molecule has 0 aliphatic heterocycles. The Morgan fingerprint density at radius 1 is 1.30 bits per heavy atom. The smallest absolute Gasteiger partial charge is 0.454 e. The lowest BCUT2D eigenvalue weighted by Gasteiger charge is -2.21. The van der Waals surface area contributed by atoms with Gasteiger partial charge in [-0.2, -0.15) is 17.6 Å². The van der Waals surface area contributed by atoms with E-state index in [0.717, 1.165) is 0 Å². The van der Waals surface area contributed by atoms with Gasteiger partial charge in [0.15, 0.2) is 0 Å². The molecule has 0 bridgehead atoms. The van der Waals surface area contributed by atoms with Gasteiger partial charge in [0.2, 0.25) is 0 Å². The highest BCUT2D eigenvalue weighted by Gasteiger charge is 2.56. The predicted octanol–water partition coefficient (Wildman–Crippen LogP) is -1.04. The van der Waals surface area contributed by atoms with Gasteiger partial charge in [0.05, 0.1) is 0 Å². The number of aliphatic carboxylic acids is 1. The molecule has 0 aromatic carbocycles. The van der Waals surface area contributed by atoms with E-state index in [-0.39, 0.29) is 0 Å². The van der Waals surface area contributed by atoms with Crippen LogP contribution in [0.15, 0.2) is 0 Å². The fourth-order valence-electron chi connectivity index (χ4n) is 0.116. The van der Waals surface area contributed by atoms with Crippen molar-refractivity contribution in [3.63, 3.8) is 0 Å². The summed E-state index contributed by atoms with van der Waals surface area (Å²) in [6.07, 6.45) is -5.86. The summed E-state index contributed by atoms with van der Waals surface area (Å²) in [5.74, 6) is -8.48. The lowest BCUT2D eigenvalue weighted by molar-refractivity contribution is -0.379. The fraction of sp³-hybridized carbons (Fsp3) is 0.667. The summed E-state index contributed by atoms with van der Waals surface area (Å²) in [4.78, 5) is 9.21. The maximum atomic E-state index is 11.5. The van der Waals surface area contributed by atoms with Crippen molar-refractivity contribution < 1.29 is 32.6 Å². The van der Waals surface area contributed by atoms with Gasteiger partial charge in [-0.3, -0.25) is 0 Å². The Morgan fingerprint density at radius 2 is 1.60 bits per heavy atom. The van der Waals surface area contributed by atoms with Crippen molar-refractivity contribution in [3.05, 3.63) is 0 Å². The number of carbonyl (C=O) groups excluding carboxylic acids is 1. The summed E-state index contributed by atoms with van der Waals surface area (Å²) in [5.41, 5.74) is 0. The van der Waals surface area contributed by atoms with Crippen molar-refractivity contribution in [2.45, 2.75) is 12.0 Å². The van der Waals surface area contributed by atoms with Crippen LogP contribution in [0.4, 0.5) is 17.6 Å². The van der Waals surface area contributed by atoms with Gasteiger partial charge >= 0.3 is 12.0 Å². The van der Waals surface area contributed by atoms with E-state index in [0.29, 0.717) is 0 Å². The number of aliphatic hydroxyl groups is 1. The quantitative estimate of drug-likeness (QED) is 0.499. The first-order valence-electron chi connectivity index (χ1n) is 1.89. The molecule has 0 saturated heterocycles. The minimum atomic E-state index is -5.86. The number of carbonyl (C=O) groups is 1. The number of alkyl halides is 4. The third kappa shape index (κ3) is 1.35. The van der Waals surface area contributed by atoms with Crippen LogP contribution < -0.4 is 5.11 Å². The molecule has 0 radical (unpaired) electrons. The number of carboxylic acid groups (broad SMARTS) is 1. The molecule has 1 N–H and O–H groups in total. The largest absolute Gasteiger partial charge is 0.544 e. The molecule has 0 spiro atoms. The molecular formula is C3HF4O3-. The summed E-state index contributed by atoms with van der Waals surface area (Å²) in [6, 6.07) is 0. The molecule has 60 valence electrons. The summed E-state index contributed by atoms with van der Waals surface area (Å²) in [6.45, 7) is 0. The molecule has 0 amide bonds. The Bertz CT molecular complexity index is 148. The van der Waals surface area contributed by atoms with Crippen molar-refractivity contribution >= 4 is 5.97 Å². The van der Waals surface area contributed by atoms with Crippen LogP contribution >= 0.6 is 0 Å². The molecule has 10 heavy (non-hydrogen) atoms. The second-order valence-electron chi connectivity index (χ2n) is 1.41. The Morgan fingerprint density at radius 3 is 1.60 bits per heavy atom. The molecule has 0 saturated carbocycles. The molecule has 0 heterocycles. The Kier molecular flexibility index (Phi) is 1.90. The van der Waals surface area contributed by atoms with Crippen LogP contribution in [0.2, 0.25) is 0 Å². The third-order valence-electron chi connectivity index (χ3n) is 0.646. The normalized spacial score (nSPS) is 18.1. The van der Waals surface area contributed by atoms with Crippen LogP contribution in [0.1, 0.15) is 0 Å². The zero-order valence-electron chi connectivity index (χ0n) is 4.28. The molecule has 0 aliphatic rings. The highest BCUT2D eigenvalue weighted by Crippen LogP contribution is 2.30. The number of carboxylic acids is 1. The van der Waals surface area contributed by atoms with Gasteiger partial charge in [-0.05, 0) is 0 Å². The van der Waals surface area contributed by atoms with E-state index >= 15 is 0 Å². The van der Waals surface area contributed by atoms with Crippen LogP contribution in [0.3, 0.4) is 0 Å². The van der Waals surface area contributed by atoms with Crippen molar-refractivity contribution in [1.29, 1.82) is 0 Å². The van der Waals surface area contributed by atoms with E-state index in [1.54, 1.807) is 0 Å². The lowest BCUT2D eigenvalue weighted by atomic mass is 10.3. The molecule has 0 aromatic heterocycles. The highest BCUT2D eigenvalue weighted by atomic mass is 19.4. The van der Waals surface area contributed by atoms with Crippen molar-refractivity contribution in [2.75, 3.05) is 0 Å². The van der Waals surface area contributed by atoms with Gasteiger partial charge in [-0.25, -0.2) is 0 Å². The zero-order valence-corrected chi connectivity index (χ0v) is 4.28. The standard InChI is InChI=1S/C3H2F4O3/c4-2(10,1(8)9)3(5,6)7/h10H,(H,8,9)/p-1. The number of hydrogen-bond donors (Lipinski definition) is 1. The summed E-state index contributed by atoms with van der Waals surface area (Å²) >= 11 is 0. The molecule has 0 aliphatic carbocycles. The fourth-order valence-corrected chi connectivity index (χ4v) is 0.116. The molecule has 7 heteroatoms. The van der Waals surface area contributed by atoms with Gasteiger partial charge in [0, 0.05) is 0 Å². The first-order chi connectivity index (χ1) is 4.19. The maximum absolute atomic E-state index is 11.5. The van der Waals surface area contributed by atoms with Gasteiger partial charge in [0.25, 0.3) is 0 Å². The van der Waals surface area contributed by atoms with E-state index in [1.165, 1.54) is 0 Å². The van der Waals surface area contributed by atoms with E-state index in [9.17, 15) is 27.5 Å². The molecule has 1 unspecified atom stereocenters. The minimum Gasteiger partial charge on any atom is -0.544 e. The summed E-state index contributed by atoms with van der Waals surface area (Å²) < 4.78 is 44.6. The summed E-state index contributed by atoms with van der Waals surface area (Å²) in [7, 11) is 0. The van der Waals surface area contributed by atoms with Gasteiger partial charge in [-0.15, -0.1) is 0 Å². The average molecular weight is 161 g/mol. The predicted molar refractivity (Wildman–Crippen MR) is 17.1 cm³/mol. The molecule has 1 atom stereocenters. The number of rotatable bonds is 1. The van der Waals surface area contributed by atoms with Crippen molar-refractivity contribution in [3.8, 4) is 0 Å². The summed E-state index contributed by atoms with van der Waals surface area (Å²) in [5, 5.41) is 16.7. The van der Waals surface area contributed by atoms with E-state index in [4.69, 9.17) is 5.11 Å². The molecule has 3 nitrogen and oxygen atoms in total. The van der Waals surface area contributed by atoms with Crippen molar-refractivity contribution in [1.82, 2.24) is 0 Å². The van der Waals surface area contributed by atoms with E-state index in [1.807, 2.05) is 0 Å². The average Bonchev–Trinajstić information content (AvgIpc) is 1.62. The molecule has 0 rings (SSSR count). The first-order valence-corrected chi connectivity index (χ1v) is 1.89.